The van der Waals surface area contributed by atoms with Crippen LogP contribution in [0, 0.1) is 5.82 Å². The first kappa shape index (κ1) is 12.8. The lowest BCUT2D eigenvalue weighted by atomic mass is 9.89. The Morgan fingerprint density at radius 3 is 2.94 bits per heavy atom. The molecule has 1 aromatic rings. The maximum absolute atomic E-state index is 13.2. The summed E-state index contributed by atoms with van der Waals surface area (Å²) in [5.74, 6) is -0.355. The molecule has 0 aliphatic heterocycles. The third-order valence-electron chi connectivity index (χ3n) is 3.11. The van der Waals surface area contributed by atoms with Crippen LogP contribution in [0.25, 0.3) is 0 Å². The van der Waals surface area contributed by atoms with Crippen LogP contribution in [0.2, 0.25) is 5.02 Å². The van der Waals surface area contributed by atoms with Crippen molar-refractivity contribution in [2.45, 2.75) is 38.5 Å². The van der Waals surface area contributed by atoms with E-state index in [9.17, 15) is 4.39 Å². The largest absolute Gasteiger partial charge is 0.378 e. The number of benzene rings is 1. The van der Waals surface area contributed by atoms with Crippen LogP contribution >= 0.6 is 11.6 Å². The molecule has 0 bridgehead atoms. The zero-order valence-corrected chi connectivity index (χ0v) is 10.6. The lowest BCUT2D eigenvalue weighted by Crippen LogP contribution is -2.45. The molecular weight excluding hydrogens is 241 g/mol. The highest BCUT2D eigenvalue weighted by atomic mass is 35.5. The summed E-state index contributed by atoms with van der Waals surface area (Å²) in [6.07, 6.45) is 2.45. The van der Waals surface area contributed by atoms with Crippen molar-refractivity contribution in [3.8, 4) is 0 Å². The molecule has 1 N–H and O–H groups in total. The quantitative estimate of drug-likeness (QED) is 0.875. The Morgan fingerprint density at radius 1 is 1.47 bits per heavy atom. The van der Waals surface area contributed by atoms with Crippen molar-refractivity contribution in [2.24, 2.45) is 0 Å². The van der Waals surface area contributed by atoms with Gasteiger partial charge in [-0.05, 0) is 31.4 Å². The van der Waals surface area contributed by atoms with Crippen LogP contribution in [0.15, 0.2) is 18.2 Å². The standard InChI is InChI=1S/C13H17ClFNO/c1-2-17-11-6-10(7-11)16-8-9-4-3-5-12(15)13(9)14/h3-5,10-11,16H,2,6-8H2,1H3. The first-order chi connectivity index (χ1) is 8.20. The van der Waals surface area contributed by atoms with Crippen molar-refractivity contribution in [3.63, 3.8) is 0 Å². The smallest absolute Gasteiger partial charge is 0.142 e. The van der Waals surface area contributed by atoms with Gasteiger partial charge in [-0.25, -0.2) is 4.39 Å². The normalized spacial score (nSPS) is 23.5. The van der Waals surface area contributed by atoms with Gasteiger partial charge >= 0.3 is 0 Å². The molecule has 0 unspecified atom stereocenters. The minimum atomic E-state index is -0.355. The number of rotatable bonds is 5. The maximum Gasteiger partial charge on any atom is 0.142 e. The highest BCUT2D eigenvalue weighted by molar-refractivity contribution is 6.31. The number of hydrogen-bond donors (Lipinski definition) is 1. The number of ether oxygens (including phenoxy) is 1. The van der Waals surface area contributed by atoms with E-state index in [2.05, 4.69) is 5.32 Å². The molecule has 0 radical (unpaired) electrons. The number of halogens is 2. The highest BCUT2D eigenvalue weighted by Crippen LogP contribution is 2.25. The summed E-state index contributed by atoms with van der Waals surface area (Å²) in [4.78, 5) is 0. The number of hydrogen-bond acceptors (Lipinski definition) is 2. The molecule has 0 amide bonds. The van der Waals surface area contributed by atoms with Gasteiger partial charge in [0.2, 0.25) is 0 Å². The molecule has 1 aliphatic carbocycles. The fraction of sp³-hybridized carbons (Fsp3) is 0.538. The van der Waals surface area contributed by atoms with Crippen LogP contribution in [0.3, 0.4) is 0 Å². The molecule has 0 heterocycles. The first-order valence-corrected chi connectivity index (χ1v) is 6.36. The van der Waals surface area contributed by atoms with Gasteiger partial charge < -0.3 is 10.1 Å². The predicted octanol–water partition coefficient (Wildman–Crippen LogP) is 3.14. The van der Waals surface area contributed by atoms with Crippen molar-refractivity contribution in [2.75, 3.05) is 6.61 Å². The van der Waals surface area contributed by atoms with Gasteiger partial charge in [0.25, 0.3) is 0 Å². The molecule has 0 aromatic heterocycles. The summed E-state index contributed by atoms with van der Waals surface area (Å²) in [7, 11) is 0. The topological polar surface area (TPSA) is 21.3 Å². The zero-order valence-electron chi connectivity index (χ0n) is 9.88. The Balaban J connectivity index is 1.78. The molecule has 1 aromatic carbocycles. The van der Waals surface area contributed by atoms with Gasteiger partial charge in [-0.15, -0.1) is 0 Å². The summed E-state index contributed by atoms with van der Waals surface area (Å²) in [5.41, 5.74) is 0.812. The van der Waals surface area contributed by atoms with Crippen LogP contribution in [-0.4, -0.2) is 18.8 Å². The first-order valence-electron chi connectivity index (χ1n) is 5.98. The second-order valence-electron chi connectivity index (χ2n) is 4.34. The van der Waals surface area contributed by atoms with Gasteiger partial charge in [0.1, 0.15) is 5.82 Å². The van der Waals surface area contributed by atoms with E-state index in [1.165, 1.54) is 6.07 Å². The molecule has 2 rings (SSSR count). The molecule has 0 saturated heterocycles. The van der Waals surface area contributed by atoms with E-state index in [0.29, 0.717) is 18.7 Å². The van der Waals surface area contributed by atoms with E-state index < -0.39 is 0 Å². The average Bonchev–Trinajstić information content (AvgIpc) is 2.26. The second kappa shape index (κ2) is 5.80. The van der Waals surface area contributed by atoms with Crippen LogP contribution in [0.1, 0.15) is 25.3 Å². The monoisotopic (exact) mass is 257 g/mol. The fourth-order valence-corrected chi connectivity index (χ4v) is 2.24. The van der Waals surface area contributed by atoms with Gasteiger partial charge in [-0.2, -0.15) is 0 Å². The Bertz CT molecular complexity index is 380. The summed E-state index contributed by atoms with van der Waals surface area (Å²) in [5, 5.41) is 3.58. The second-order valence-corrected chi connectivity index (χ2v) is 4.72. The average molecular weight is 258 g/mol. The molecule has 1 saturated carbocycles. The Hall–Kier alpha value is -0.640. The minimum absolute atomic E-state index is 0.223. The van der Waals surface area contributed by atoms with Crippen molar-refractivity contribution in [3.05, 3.63) is 34.6 Å². The Kier molecular flexibility index (Phi) is 4.37. The fourth-order valence-electron chi connectivity index (χ4n) is 2.04. The molecule has 1 fully saturated rings. The summed E-state index contributed by atoms with van der Waals surface area (Å²) >= 11 is 5.88. The van der Waals surface area contributed by atoms with Gasteiger partial charge in [-0.3, -0.25) is 0 Å². The zero-order chi connectivity index (χ0) is 12.3. The number of nitrogens with one attached hydrogen (secondary N) is 1. The van der Waals surface area contributed by atoms with Gasteiger partial charge in [0.05, 0.1) is 11.1 Å². The van der Waals surface area contributed by atoms with E-state index in [0.717, 1.165) is 25.0 Å². The SMILES string of the molecule is CCOC1CC(NCc2cccc(F)c2Cl)C1. The maximum atomic E-state index is 13.2. The van der Waals surface area contributed by atoms with E-state index in [-0.39, 0.29) is 10.8 Å². The molecule has 0 atom stereocenters. The summed E-state index contributed by atoms with van der Waals surface area (Å²) < 4.78 is 18.7. The molecule has 2 nitrogen and oxygen atoms in total. The van der Waals surface area contributed by atoms with Gasteiger partial charge in [-0.1, -0.05) is 23.7 Å². The van der Waals surface area contributed by atoms with Crippen molar-refractivity contribution in [1.82, 2.24) is 5.32 Å². The van der Waals surface area contributed by atoms with E-state index in [1.54, 1.807) is 6.07 Å². The molecular formula is C13H17ClFNO. The van der Waals surface area contributed by atoms with Gasteiger partial charge in [0, 0.05) is 19.2 Å². The van der Waals surface area contributed by atoms with Gasteiger partial charge in [0.15, 0.2) is 0 Å². The van der Waals surface area contributed by atoms with Crippen LogP contribution in [0.4, 0.5) is 4.39 Å². The van der Waals surface area contributed by atoms with Crippen LogP contribution < -0.4 is 5.32 Å². The predicted molar refractivity (Wildman–Crippen MR) is 66.7 cm³/mol. The lowest BCUT2D eigenvalue weighted by molar-refractivity contribution is -0.0102. The van der Waals surface area contributed by atoms with Crippen molar-refractivity contribution >= 4 is 11.6 Å². The third kappa shape index (κ3) is 3.18. The van der Waals surface area contributed by atoms with Crippen LogP contribution in [0.5, 0.6) is 0 Å². The molecule has 94 valence electrons. The molecule has 17 heavy (non-hydrogen) atoms. The molecule has 4 heteroatoms. The molecule has 1 aliphatic rings. The summed E-state index contributed by atoms with van der Waals surface area (Å²) in [6.45, 7) is 3.39. The molecule has 0 spiro atoms. The van der Waals surface area contributed by atoms with Crippen molar-refractivity contribution < 1.29 is 9.13 Å². The highest BCUT2D eigenvalue weighted by Gasteiger charge is 2.28. The van der Waals surface area contributed by atoms with E-state index in [4.69, 9.17) is 16.3 Å². The minimum Gasteiger partial charge on any atom is -0.378 e. The van der Waals surface area contributed by atoms with Crippen LogP contribution in [-0.2, 0) is 11.3 Å². The van der Waals surface area contributed by atoms with E-state index in [1.807, 2.05) is 13.0 Å². The van der Waals surface area contributed by atoms with Crippen molar-refractivity contribution in [1.29, 1.82) is 0 Å². The Labute approximate surface area is 106 Å². The third-order valence-corrected chi connectivity index (χ3v) is 3.53. The van der Waals surface area contributed by atoms with E-state index >= 15 is 0 Å². The lowest BCUT2D eigenvalue weighted by Gasteiger charge is -2.35. The Morgan fingerprint density at radius 2 is 2.24 bits per heavy atom. The summed E-state index contributed by atoms with van der Waals surface area (Å²) in [6, 6.07) is 5.37.